The van der Waals surface area contributed by atoms with Gasteiger partial charge in [0.2, 0.25) is 5.91 Å². The fraction of sp³-hybridized carbons (Fsp3) is 0.750. The molecule has 1 aliphatic carbocycles. The van der Waals surface area contributed by atoms with Crippen LogP contribution in [0.2, 0.25) is 0 Å². The molecule has 2 saturated heterocycles. The minimum atomic E-state index is -4.39. The van der Waals surface area contributed by atoms with Gasteiger partial charge in [0, 0.05) is 44.5 Å². The number of alkyl halides is 3. The molecule has 0 bridgehead atoms. The van der Waals surface area contributed by atoms with Gasteiger partial charge in [-0.2, -0.15) is 24.9 Å². The summed E-state index contributed by atoms with van der Waals surface area (Å²) in [5.74, 6) is 3.22. The second kappa shape index (κ2) is 10.0. The summed E-state index contributed by atoms with van der Waals surface area (Å²) in [6.07, 6.45) is 2.04. The number of carbonyl (C=O) groups excluding carboxylic acids is 1. The van der Waals surface area contributed by atoms with E-state index in [0.717, 1.165) is 31.4 Å². The number of hydrogen-bond acceptors (Lipinski definition) is 5. The van der Waals surface area contributed by atoms with Crippen LogP contribution in [0.25, 0.3) is 0 Å². The molecule has 5 nitrogen and oxygen atoms in total. The first-order valence-electron chi connectivity index (χ1n) is 12.1. The van der Waals surface area contributed by atoms with Crippen LogP contribution in [0.3, 0.4) is 0 Å². The van der Waals surface area contributed by atoms with E-state index in [9.17, 15) is 18.0 Å². The Kier molecular flexibility index (Phi) is 7.48. The van der Waals surface area contributed by atoms with Gasteiger partial charge in [-0.05, 0) is 61.7 Å². The molecule has 1 N–H and O–H groups in total. The number of nitrogens with zero attached hydrogens (tertiary/aromatic N) is 3. The Morgan fingerprint density at radius 2 is 1.85 bits per heavy atom. The van der Waals surface area contributed by atoms with Gasteiger partial charge in [0.05, 0.1) is 11.0 Å². The normalized spacial score (nSPS) is 27.4. The Bertz CT molecular complexity index is 822. The molecule has 0 radical (unpaired) electrons. The van der Waals surface area contributed by atoms with Crippen LogP contribution in [0.5, 0.6) is 0 Å². The highest BCUT2D eigenvalue weighted by molar-refractivity contribution is 7.99. The van der Waals surface area contributed by atoms with Crippen LogP contribution >= 0.6 is 11.8 Å². The highest BCUT2D eigenvalue weighted by Crippen LogP contribution is 2.46. The average molecular weight is 485 g/mol. The number of anilines is 1. The van der Waals surface area contributed by atoms with Crippen LogP contribution < -0.4 is 10.2 Å². The number of pyridine rings is 1. The van der Waals surface area contributed by atoms with Crippen LogP contribution in [0, 0.1) is 11.3 Å². The van der Waals surface area contributed by atoms with Gasteiger partial charge < -0.3 is 15.1 Å². The van der Waals surface area contributed by atoms with Crippen LogP contribution in [0.1, 0.15) is 51.5 Å². The van der Waals surface area contributed by atoms with Crippen molar-refractivity contribution in [3.63, 3.8) is 0 Å². The molecule has 1 amide bonds. The molecule has 1 aromatic rings. The number of nitrogens with one attached hydrogen (secondary N) is 1. The van der Waals surface area contributed by atoms with Crippen molar-refractivity contribution in [2.75, 3.05) is 42.6 Å². The largest absolute Gasteiger partial charge is 0.416 e. The van der Waals surface area contributed by atoms with Crippen LogP contribution in [-0.4, -0.2) is 65.6 Å². The van der Waals surface area contributed by atoms with Gasteiger partial charge in [-0.3, -0.25) is 4.79 Å². The third-order valence-electron chi connectivity index (χ3n) is 7.74. The second-order valence-corrected chi connectivity index (χ2v) is 11.2. The summed E-state index contributed by atoms with van der Waals surface area (Å²) in [6.45, 7) is 6.33. The van der Waals surface area contributed by atoms with E-state index in [1.54, 1.807) is 0 Å². The monoisotopic (exact) mass is 484 g/mol. The molecule has 9 heteroatoms. The minimum Gasteiger partial charge on any atom is -0.353 e. The first kappa shape index (κ1) is 24.6. The number of hydrogen-bond donors (Lipinski definition) is 1. The lowest BCUT2D eigenvalue weighted by Crippen LogP contribution is -2.54. The number of carbonyl (C=O) groups is 1. The zero-order valence-corrected chi connectivity index (χ0v) is 20.4. The van der Waals surface area contributed by atoms with E-state index >= 15 is 0 Å². The quantitative estimate of drug-likeness (QED) is 0.670. The number of thioether (sulfide) groups is 1. The Balaban J connectivity index is 1.37. The minimum absolute atomic E-state index is 0.220. The SMILES string of the molecule is CC(C)[C@]1(C(=O)N2CCN(c3cc(C(F)(F)F)ccn3)CC2)CC[C@@H](NC2CCSCC2)C1. The summed E-state index contributed by atoms with van der Waals surface area (Å²) < 4.78 is 39.2. The van der Waals surface area contributed by atoms with E-state index in [1.807, 2.05) is 21.6 Å². The number of piperazine rings is 1. The highest BCUT2D eigenvalue weighted by Gasteiger charge is 2.49. The molecule has 3 heterocycles. The van der Waals surface area contributed by atoms with Crippen molar-refractivity contribution in [2.45, 2.75) is 64.2 Å². The lowest BCUT2D eigenvalue weighted by molar-refractivity contribution is -0.145. The molecule has 0 aromatic carbocycles. The van der Waals surface area contributed by atoms with Crippen LogP contribution in [-0.2, 0) is 11.0 Å². The predicted molar refractivity (Wildman–Crippen MR) is 126 cm³/mol. The summed E-state index contributed by atoms with van der Waals surface area (Å²) in [6, 6.07) is 3.05. The molecule has 0 spiro atoms. The van der Waals surface area contributed by atoms with Gasteiger partial charge in [-0.1, -0.05) is 13.8 Å². The molecule has 3 fully saturated rings. The van der Waals surface area contributed by atoms with Crippen molar-refractivity contribution in [2.24, 2.45) is 11.3 Å². The number of aromatic nitrogens is 1. The first-order valence-corrected chi connectivity index (χ1v) is 13.3. The standard InChI is InChI=1S/C24H35F3N4OS/c1-17(2)23(7-3-20(16-23)29-19-5-13-33-14-6-19)22(32)31-11-9-30(10-12-31)21-15-18(4-8-28-21)24(25,26)27/h4,8,15,17,19-20,29H,3,5-7,9-14,16H2,1-2H3/t20-,23+/m1/s1. The average Bonchev–Trinajstić information content (AvgIpc) is 3.24. The molecule has 184 valence electrons. The van der Waals surface area contributed by atoms with Gasteiger partial charge in [0.15, 0.2) is 0 Å². The Hall–Kier alpha value is -1.48. The Labute approximate surface area is 198 Å². The van der Waals surface area contributed by atoms with Crippen molar-refractivity contribution in [3.8, 4) is 0 Å². The molecular weight excluding hydrogens is 449 g/mol. The fourth-order valence-electron chi connectivity index (χ4n) is 5.60. The fourth-order valence-corrected chi connectivity index (χ4v) is 6.71. The predicted octanol–water partition coefficient (Wildman–Crippen LogP) is 4.43. The molecule has 1 saturated carbocycles. The Morgan fingerprint density at radius 3 is 2.48 bits per heavy atom. The third kappa shape index (κ3) is 5.45. The molecule has 0 unspecified atom stereocenters. The molecule has 33 heavy (non-hydrogen) atoms. The van der Waals surface area contributed by atoms with Crippen molar-refractivity contribution in [3.05, 3.63) is 23.9 Å². The summed E-state index contributed by atoms with van der Waals surface area (Å²) >= 11 is 2.02. The Morgan fingerprint density at radius 1 is 1.15 bits per heavy atom. The second-order valence-electron chi connectivity index (χ2n) is 9.98. The van der Waals surface area contributed by atoms with Crippen LogP contribution in [0.15, 0.2) is 18.3 Å². The van der Waals surface area contributed by atoms with Gasteiger partial charge in [-0.25, -0.2) is 4.98 Å². The van der Waals surface area contributed by atoms with E-state index in [-0.39, 0.29) is 17.2 Å². The topological polar surface area (TPSA) is 48.5 Å². The molecule has 1 aromatic heterocycles. The van der Waals surface area contributed by atoms with Crippen molar-refractivity contribution in [1.29, 1.82) is 0 Å². The summed E-state index contributed by atoms with van der Waals surface area (Å²) in [7, 11) is 0. The first-order chi connectivity index (χ1) is 15.7. The lowest BCUT2D eigenvalue weighted by Gasteiger charge is -2.42. The summed E-state index contributed by atoms with van der Waals surface area (Å²) in [5.41, 5.74) is -1.04. The number of amides is 1. The molecule has 4 rings (SSSR count). The van der Waals surface area contributed by atoms with E-state index in [2.05, 4.69) is 24.1 Å². The molecular formula is C24H35F3N4OS. The molecule has 2 aliphatic heterocycles. The van der Waals surface area contributed by atoms with E-state index in [1.165, 1.54) is 30.5 Å². The van der Waals surface area contributed by atoms with Gasteiger partial charge in [0.1, 0.15) is 5.82 Å². The molecule has 3 aliphatic rings. The third-order valence-corrected chi connectivity index (χ3v) is 8.79. The van der Waals surface area contributed by atoms with E-state index in [4.69, 9.17) is 0 Å². The smallest absolute Gasteiger partial charge is 0.353 e. The van der Waals surface area contributed by atoms with Crippen LogP contribution in [0.4, 0.5) is 19.0 Å². The molecule has 2 atom stereocenters. The van der Waals surface area contributed by atoms with Crippen molar-refractivity contribution in [1.82, 2.24) is 15.2 Å². The summed E-state index contributed by atoms with van der Waals surface area (Å²) in [5, 5.41) is 3.84. The van der Waals surface area contributed by atoms with Gasteiger partial charge >= 0.3 is 6.18 Å². The maximum atomic E-state index is 13.7. The number of halogens is 3. The van der Waals surface area contributed by atoms with Crippen molar-refractivity contribution < 1.29 is 18.0 Å². The van der Waals surface area contributed by atoms with E-state index < -0.39 is 11.7 Å². The zero-order valence-electron chi connectivity index (χ0n) is 19.5. The lowest BCUT2D eigenvalue weighted by atomic mass is 9.74. The maximum Gasteiger partial charge on any atom is 0.416 e. The van der Waals surface area contributed by atoms with Gasteiger partial charge in [-0.15, -0.1) is 0 Å². The van der Waals surface area contributed by atoms with Crippen molar-refractivity contribution >= 4 is 23.5 Å². The number of rotatable bonds is 5. The zero-order chi connectivity index (χ0) is 23.6. The highest BCUT2D eigenvalue weighted by atomic mass is 32.2. The summed E-state index contributed by atoms with van der Waals surface area (Å²) in [4.78, 5) is 21.7. The van der Waals surface area contributed by atoms with E-state index in [0.29, 0.717) is 44.1 Å². The maximum absolute atomic E-state index is 13.7. The van der Waals surface area contributed by atoms with Gasteiger partial charge in [0.25, 0.3) is 0 Å².